The van der Waals surface area contributed by atoms with Crippen LogP contribution in [-0.4, -0.2) is 19.5 Å². The predicted octanol–water partition coefficient (Wildman–Crippen LogP) is 13.6. The van der Waals surface area contributed by atoms with E-state index in [1.165, 1.54) is 12.1 Å². The Morgan fingerprint density at radius 2 is 0.845 bits per heavy atom. The van der Waals surface area contributed by atoms with E-state index in [1.807, 2.05) is 115 Å². The van der Waals surface area contributed by atoms with Gasteiger partial charge in [0.15, 0.2) is 17.5 Å². The monoisotopic (exact) mass is 776 g/mol. The maximum atomic E-state index is 14.4. The molecule has 0 N–H and O–H groups in total. The first-order chi connectivity index (χ1) is 27.9. The lowest BCUT2D eigenvalue weighted by Crippen LogP contribution is -2.07. The van der Waals surface area contributed by atoms with Crippen LogP contribution < -0.4 is 0 Å². The van der Waals surface area contributed by atoms with Gasteiger partial charge in [-0.2, -0.15) is 26.3 Å². The maximum Gasteiger partial charge on any atom is 0.416 e. The van der Waals surface area contributed by atoms with Gasteiger partial charge in [0.05, 0.1) is 27.8 Å². The summed E-state index contributed by atoms with van der Waals surface area (Å²) in [7, 11) is 0. The molecule has 9 rings (SSSR count). The second kappa shape index (κ2) is 14.1. The molecular weight excluding hydrogens is 747 g/mol. The van der Waals surface area contributed by atoms with Gasteiger partial charge >= 0.3 is 12.4 Å². The smallest absolute Gasteiger partial charge is 0.308 e. The summed E-state index contributed by atoms with van der Waals surface area (Å²) in [4.78, 5) is 14.6. The van der Waals surface area contributed by atoms with Gasteiger partial charge in [-0.15, -0.1) is 0 Å². The van der Waals surface area contributed by atoms with Gasteiger partial charge < -0.3 is 4.57 Å². The molecule has 0 atom stereocenters. The molecule has 0 saturated carbocycles. The van der Waals surface area contributed by atoms with E-state index in [4.69, 9.17) is 15.0 Å². The lowest BCUT2D eigenvalue weighted by molar-refractivity contribution is -0.138. The van der Waals surface area contributed by atoms with Crippen LogP contribution in [0.2, 0.25) is 0 Å². The molecule has 0 aliphatic heterocycles. The molecule has 4 nitrogen and oxygen atoms in total. The molecule has 10 heteroatoms. The van der Waals surface area contributed by atoms with Crippen molar-refractivity contribution >= 4 is 21.8 Å². The Kier molecular flexibility index (Phi) is 8.92. The molecule has 0 amide bonds. The number of fused-ring (bicyclic) bond motifs is 3. The van der Waals surface area contributed by atoms with E-state index < -0.39 is 23.5 Å². The molecule has 7 aromatic carbocycles. The number of rotatable bonds is 6. The van der Waals surface area contributed by atoms with Crippen molar-refractivity contribution in [3.63, 3.8) is 0 Å². The molecule has 0 aliphatic carbocycles. The molecule has 0 spiro atoms. The Morgan fingerprint density at radius 3 is 1.36 bits per heavy atom. The molecule has 0 radical (unpaired) electrons. The molecule has 0 bridgehead atoms. The maximum absolute atomic E-state index is 14.4. The third kappa shape index (κ3) is 6.76. The third-order valence-corrected chi connectivity index (χ3v) is 10.1. The van der Waals surface area contributed by atoms with Crippen LogP contribution in [0, 0.1) is 6.92 Å². The molecule has 0 aliphatic rings. The van der Waals surface area contributed by atoms with Crippen molar-refractivity contribution in [1.29, 1.82) is 0 Å². The van der Waals surface area contributed by atoms with Crippen LogP contribution in [0.3, 0.4) is 0 Å². The molecule has 0 saturated heterocycles. The number of hydrogen-bond acceptors (Lipinski definition) is 3. The first kappa shape index (κ1) is 36.6. The Bertz CT molecular complexity index is 2850. The fourth-order valence-electron chi connectivity index (χ4n) is 7.44. The van der Waals surface area contributed by atoms with Crippen LogP contribution in [0.1, 0.15) is 16.7 Å². The van der Waals surface area contributed by atoms with Crippen molar-refractivity contribution in [2.45, 2.75) is 19.3 Å². The lowest BCUT2D eigenvalue weighted by atomic mass is 9.91. The van der Waals surface area contributed by atoms with E-state index in [1.54, 1.807) is 24.3 Å². The van der Waals surface area contributed by atoms with Gasteiger partial charge in [0, 0.05) is 38.6 Å². The normalized spacial score (nSPS) is 12.1. The number of aromatic nitrogens is 4. The minimum absolute atomic E-state index is 0.179. The fraction of sp³-hybridized carbons (Fsp3) is 0.0625. The van der Waals surface area contributed by atoms with Gasteiger partial charge in [0.1, 0.15) is 0 Å². The average Bonchev–Trinajstić information content (AvgIpc) is 3.56. The summed E-state index contributed by atoms with van der Waals surface area (Å²) in [6.07, 6.45) is -9.35. The zero-order valence-corrected chi connectivity index (χ0v) is 30.6. The standard InChI is InChI=1S/C48H30F6N4/c1-29-22-23-42-40(24-29)37-20-8-9-21-41(37)58(42)43-38(32-16-10-18-35(25-32)47(49,50)51)27-34(28-39(43)33-17-11-19-36(26-33)48(52,53)54)46-56-44(30-12-4-2-5-13-30)55-45(57-46)31-14-6-3-7-15-31/h2-28H,1H3. The van der Waals surface area contributed by atoms with Gasteiger partial charge in [0.25, 0.3) is 0 Å². The minimum Gasteiger partial charge on any atom is -0.308 e. The van der Waals surface area contributed by atoms with E-state index in [0.717, 1.165) is 51.6 Å². The quantitative estimate of drug-likeness (QED) is 0.158. The van der Waals surface area contributed by atoms with E-state index in [-0.39, 0.29) is 17.0 Å². The van der Waals surface area contributed by atoms with Gasteiger partial charge in [0.2, 0.25) is 0 Å². The van der Waals surface area contributed by atoms with Gasteiger partial charge in [-0.25, -0.2) is 15.0 Å². The molecule has 2 heterocycles. The number of halogens is 6. The Morgan fingerprint density at radius 1 is 0.397 bits per heavy atom. The number of nitrogens with zero attached hydrogens (tertiary/aromatic N) is 4. The zero-order chi connectivity index (χ0) is 40.2. The molecule has 0 unspecified atom stereocenters. The summed E-state index contributed by atoms with van der Waals surface area (Å²) in [5, 5.41) is 1.75. The molecule has 284 valence electrons. The highest BCUT2D eigenvalue weighted by molar-refractivity contribution is 6.11. The SMILES string of the molecule is Cc1ccc2c(c1)c1ccccc1n2-c1c(-c2cccc(C(F)(F)F)c2)cc(-c2nc(-c3ccccc3)nc(-c3ccccc3)n2)cc1-c1cccc(C(F)(F)F)c1. The van der Waals surface area contributed by atoms with Gasteiger partial charge in [-0.1, -0.05) is 115 Å². The summed E-state index contributed by atoms with van der Waals surface area (Å²) in [5.41, 5.74) is 3.83. The van der Waals surface area contributed by atoms with Gasteiger partial charge in [-0.05, 0) is 72.6 Å². The first-order valence-corrected chi connectivity index (χ1v) is 18.3. The highest BCUT2D eigenvalue weighted by Gasteiger charge is 2.33. The minimum atomic E-state index is -4.68. The largest absolute Gasteiger partial charge is 0.416 e. The summed E-state index contributed by atoms with van der Waals surface area (Å²) < 4.78 is 88.5. The summed E-state index contributed by atoms with van der Waals surface area (Å²) in [6, 6.07) is 45.4. The summed E-state index contributed by atoms with van der Waals surface area (Å²) in [5.74, 6) is 0.860. The predicted molar refractivity (Wildman–Crippen MR) is 216 cm³/mol. The number of benzene rings is 7. The number of aryl methyl sites for hydroxylation is 1. The van der Waals surface area contributed by atoms with E-state index in [2.05, 4.69) is 0 Å². The van der Waals surface area contributed by atoms with Crippen LogP contribution in [0.4, 0.5) is 26.3 Å². The lowest BCUT2D eigenvalue weighted by Gasteiger charge is -2.22. The van der Waals surface area contributed by atoms with Crippen molar-refractivity contribution in [3.05, 3.63) is 180 Å². The van der Waals surface area contributed by atoms with Crippen molar-refractivity contribution in [1.82, 2.24) is 19.5 Å². The van der Waals surface area contributed by atoms with Crippen molar-refractivity contribution in [3.8, 4) is 62.1 Å². The number of alkyl halides is 6. The summed E-state index contributed by atoms with van der Waals surface area (Å²) in [6.45, 7) is 1.96. The Hall–Kier alpha value is -7.07. The molecule has 2 aromatic heterocycles. The van der Waals surface area contributed by atoms with Crippen LogP contribution in [-0.2, 0) is 12.4 Å². The highest BCUT2D eigenvalue weighted by Crippen LogP contribution is 2.45. The van der Waals surface area contributed by atoms with Crippen LogP contribution >= 0.6 is 0 Å². The summed E-state index contributed by atoms with van der Waals surface area (Å²) >= 11 is 0. The number of para-hydroxylation sites is 1. The van der Waals surface area contributed by atoms with Crippen molar-refractivity contribution in [2.24, 2.45) is 0 Å². The second-order valence-electron chi connectivity index (χ2n) is 14.0. The van der Waals surface area contributed by atoms with E-state index in [0.29, 0.717) is 45.2 Å². The van der Waals surface area contributed by atoms with Crippen molar-refractivity contribution in [2.75, 3.05) is 0 Å². The Balaban J connectivity index is 1.45. The first-order valence-electron chi connectivity index (χ1n) is 18.3. The fourth-order valence-corrected chi connectivity index (χ4v) is 7.44. The average molecular weight is 777 g/mol. The van der Waals surface area contributed by atoms with E-state index >= 15 is 0 Å². The van der Waals surface area contributed by atoms with Crippen molar-refractivity contribution < 1.29 is 26.3 Å². The topological polar surface area (TPSA) is 43.6 Å². The molecule has 0 fully saturated rings. The molecular formula is C48H30F6N4. The number of hydrogen-bond donors (Lipinski definition) is 0. The molecule has 9 aromatic rings. The van der Waals surface area contributed by atoms with Crippen LogP contribution in [0.25, 0.3) is 83.9 Å². The Labute approximate surface area is 328 Å². The van der Waals surface area contributed by atoms with E-state index in [9.17, 15) is 26.3 Å². The highest BCUT2D eigenvalue weighted by atomic mass is 19.4. The zero-order valence-electron chi connectivity index (χ0n) is 30.6. The van der Waals surface area contributed by atoms with Crippen LogP contribution in [0.15, 0.2) is 164 Å². The second-order valence-corrected chi connectivity index (χ2v) is 14.0. The van der Waals surface area contributed by atoms with Crippen LogP contribution in [0.5, 0.6) is 0 Å². The van der Waals surface area contributed by atoms with Gasteiger partial charge in [-0.3, -0.25) is 0 Å². The third-order valence-electron chi connectivity index (χ3n) is 10.1. The molecule has 58 heavy (non-hydrogen) atoms.